The van der Waals surface area contributed by atoms with Gasteiger partial charge in [0.25, 0.3) is 0 Å². The Morgan fingerprint density at radius 2 is 1.49 bits per heavy atom. The first kappa shape index (κ1) is 28.4. The van der Waals surface area contributed by atoms with Crippen molar-refractivity contribution in [2.45, 2.75) is 75.1 Å². The summed E-state index contributed by atoms with van der Waals surface area (Å²) in [5.74, 6) is -2.83. The van der Waals surface area contributed by atoms with Gasteiger partial charge in [-0.15, -0.1) is 11.6 Å². The van der Waals surface area contributed by atoms with Gasteiger partial charge in [-0.3, -0.25) is 24.0 Å². The van der Waals surface area contributed by atoms with Gasteiger partial charge in [0, 0.05) is 6.54 Å². The standard InChI is InChI=1S/C25H34ClN5O6/c1-3-16-22(34)30-19(13-32)23(35)29-18(14-8-6-5-7-9-14)11-21(33)27-17(4-2)25(37)31-12-15(26)10-20(31)24(36)28-16/h5-9,15-20,32H,3-4,10-13H2,1-2H3,(H,27,33)(H,28,36)(H,29,35)(H,30,34)/t15-,16-,17-,18+,19-,20-/m0/s1. The van der Waals surface area contributed by atoms with E-state index in [0.29, 0.717) is 5.56 Å². The van der Waals surface area contributed by atoms with Crippen LogP contribution in [-0.2, 0) is 24.0 Å². The van der Waals surface area contributed by atoms with Crippen LogP contribution < -0.4 is 21.3 Å². The molecule has 2 fully saturated rings. The lowest BCUT2D eigenvalue weighted by Crippen LogP contribution is -2.59. The minimum absolute atomic E-state index is 0.128. The number of aliphatic hydroxyl groups excluding tert-OH is 1. The Kier molecular flexibility index (Phi) is 9.87. The lowest BCUT2D eigenvalue weighted by molar-refractivity contribution is -0.142. The maximum atomic E-state index is 13.4. The molecule has 0 bridgehead atoms. The van der Waals surface area contributed by atoms with Crippen molar-refractivity contribution >= 4 is 41.1 Å². The molecule has 1 aromatic rings. The summed E-state index contributed by atoms with van der Waals surface area (Å²) in [6, 6.07) is 3.88. The number of nitrogens with one attached hydrogen (secondary N) is 4. The number of halogens is 1. The second-order valence-electron chi connectivity index (χ2n) is 9.26. The number of fused-ring (bicyclic) bond motifs is 1. The van der Waals surface area contributed by atoms with Crippen molar-refractivity contribution in [1.29, 1.82) is 0 Å². The highest BCUT2D eigenvalue weighted by atomic mass is 35.5. The van der Waals surface area contributed by atoms with Crippen LogP contribution >= 0.6 is 11.6 Å². The Hall–Kier alpha value is -3.18. The molecule has 37 heavy (non-hydrogen) atoms. The van der Waals surface area contributed by atoms with Crippen molar-refractivity contribution in [3.05, 3.63) is 35.9 Å². The summed E-state index contributed by atoms with van der Waals surface area (Å²) in [6.45, 7) is 2.87. The topological polar surface area (TPSA) is 157 Å². The summed E-state index contributed by atoms with van der Waals surface area (Å²) in [7, 11) is 0. The van der Waals surface area contributed by atoms with Gasteiger partial charge in [0.2, 0.25) is 29.5 Å². The van der Waals surface area contributed by atoms with Crippen LogP contribution in [-0.4, -0.2) is 82.2 Å². The van der Waals surface area contributed by atoms with Gasteiger partial charge in [-0.25, -0.2) is 0 Å². The molecule has 2 aliphatic rings. The molecule has 0 spiro atoms. The lowest BCUT2D eigenvalue weighted by atomic mass is 10.0. The minimum Gasteiger partial charge on any atom is -0.394 e. The van der Waals surface area contributed by atoms with E-state index >= 15 is 0 Å². The monoisotopic (exact) mass is 535 g/mol. The van der Waals surface area contributed by atoms with E-state index in [-0.39, 0.29) is 32.2 Å². The Labute approximate surface area is 220 Å². The fraction of sp³-hybridized carbons (Fsp3) is 0.560. The maximum Gasteiger partial charge on any atom is 0.245 e. The summed E-state index contributed by atoms with van der Waals surface area (Å²) in [5.41, 5.74) is 0.637. The fourth-order valence-corrected chi connectivity index (χ4v) is 4.87. The molecule has 12 heteroatoms. The smallest absolute Gasteiger partial charge is 0.245 e. The fourth-order valence-electron chi connectivity index (χ4n) is 4.55. The van der Waals surface area contributed by atoms with Gasteiger partial charge >= 0.3 is 0 Å². The number of carbonyl (C=O) groups is 5. The van der Waals surface area contributed by atoms with Crippen molar-refractivity contribution < 1.29 is 29.1 Å². The molecule has 0 aliphatic carbocycles. The Bertz CT molecular complexity index is 1010. The number of benzene rings is 1. The molecule has 2 heterocycles. The third-order valence-corrected chi connectivity index (χ3v) is 6.96. The van der Waals surface area contributed by atoms with Gasteiger partial charge in [-0.05, 0) is 24.8 Å². The van der Waals surface area contributed by atoms with Crippen LogP contribution in [0.15, 0.2) is 30.3 Å². The number of hydrogen-bond donors (Lipinski definition) is 5. The minimum atomic E-state index is -1.30. The van der Waals surface area contributed by atoms with Crippen LogP contribution in [0, 0.1) is 0 Å². The number of carbonyl (C=O) groups excluding carboxylic acids is 5. The van der Waals surface area contributed by atoms with E-state index < -0.39 is 71.7 Å². The normalized spacial score (nSPS) is 30.2. The van der Waals surface area contributed by atoms with Gasteiger partial charge in [0.15, 0.2) is 0 Å². The third-order valence-electron chi connectivity index (χ3n) is 6.64. The molecule has 2 saturated heterocycles. The molecule has 202 valence electrons. The van der Waals surface area contributed by atoms with Gasteiger partial charge < -0.3 is 31.3 Å². The summed E-state index contributed by atoms with van der Waals surface area (Å²) < 4.78 is 0. The van der Waals surface area contributed by atoms with E-state index in [1.165, 1.54) is 4.90 Å². The zero-order valence-electron chi connectivity index (χ0n) is 20.9. The first-order chi connectivity index (χ1) is 17.7. The number of rotatable bonds is 4. The van der Waals surface area contributed by atoms with Crippen molar-refractivity contribution in [3.8, 4) is 0 Å². The van der Waals surface area contributed by atoms with E-state index in [2.05, 4.69) is 21.3 Å². The third kappa shape index (κ3) is 6.98. The van der Waals surface area contributed by atoms with E-state index in [1.807, 2.05) is 0 Å². The molecule has 6 atom stereocenters. The molecular formula is C25H34ClN5O6. The summed E-state index contributed by atoms with van der Waals surface area (Å²) in [6.07, 6.45) is 0.491. The lowest BCUT2D eigenvalue weighted by Gasteiger charge is -2.30. The largest absolute Gasteiger partial charge is 0.394 e. The Morgan fingerprint density at radius 3 is 2.11 bits per heavy atom. The van der Waals surface area contributed by atoms with Crippen LogP contribution in [0.25, 0.3) is 0 Å². The molecule has 1 aromatic carbocycles. The number of alkyl halides is 1. The predicted octanol–water partition coefficient (Wildman–Crippen LogP) is -0.277. The zero-order valence-corrected chi connectivity index (χ0v) is 21.7. The van der Waals surface area contributed by atoms with Crippen LogP contribution in [0.2, 0.25) is 0 Å². The van der Waals surface area contributed by atoms with Crippen molar-refractivity contribution in [3.63, 3.8) is 0 Å². The molecular weight excluding hydrogens is 502 g/mol. The summed E-state index contributed by atoms with van der Waals surface area (Å²) >= 11 is 6.31. The SMILES string of the molecule is CC[C@@H]1NC(=O)[C@@H]2C[C@H](Cl)CN2C(=O)[C@H](CC)NC(=O)C[C@H](c2ccccc2)NC(=O)[C@H](CO)NC1=O. The first-order valence-corrected chi connectivity index (χ1v) is 12.9. The molecule has 2 aliphatic heterocycles. The second kappa shape index (κ2) is 12.9. The highest BCUT2D eigenvalue weighted by Gasteiger charge is 2.42. The van der Waals surface area contributed by atoms with Crippen molar-refractivity contribution in [2.24, 2.45) is 0 Å². The van der Waals surface area contributed by atoms with Crippen molar-refractivity contribution in [1.82, 2.24) is 26.2 Å². The first-order valence-electron chi connectivity index (χ1n) is 12.5. The molecule has 0 aromatic heterocycles. The van der Waals surface area contributed by atoms with Crippen molar-refractivity contribution in [2.75, 3.05) is 13.2 Å². The van der Waals surface area contributed by atoms with E-state index in [9.17, 15) is 29.1 Å². The molecule has 5 N–H and O–H groups in total. The van der Waals surface area contributed by atoms with E-state index in [1.54, 1.807) is 44.2 Å². The van der Waals surface area contributed by atoms with Crippen LogP contribution in [0.1, 0.15) is 51.1 Å². The molecule has 5 amide bonds. The van der Waals surface area contributed by atoms with Crippen LogP contribution in [0.4, 0.5) is 0 Å². The Morgan fingerprint density at radius 1 is 0.865 bits per heavy atom. The number of amides is 5. The van der Waals surface area contributed by atoms with Crippen LogP contribution in [0.3, 0.4) is 0 Å². The second-order valence-corrected chi connectivity index (χ2v) is 9.87. The van der Waals surface area contributed by atoms with E-state index in [0.717, 1.165) is 0 Å². The Balaban J connectivity index is 1.97. The maximum absolute atomic E-state index is 13.4. The zero-order chi connectivity index (χ0) is 27.1. The number of nitrogens with zero attached hydrogens (tertiary/aromatic N) is 1. The molecule has 0 unspecified atom stereocenters. The van der Waals surface area contributed by atoms with Crippen LogP contribution in [0.5, 0.6) is 0 Å². The number of aliphatic hydroxyl groups is 1. The van der Waals surface area contributed by atoms with Gasteiger partial charge in [-0.1, -0.05) is 44.2 Å². The summed E-state index contributed by atoms with van der Waals surface area (Å²) in [5, 5.41) is 19.9. The molecule has 11 nitrogen and oxygen atoms in total. The highest BCUT2D eigenvalue weighted by molar-refractivity contribution is 6.21. The average molecular weight is 536 g/mol. The average Bonchev–Trinajstić information content (AvgIpc) is 3.29. The van der Waals surface area contributed by atoms with E-state index in [4.69, 9.17) is 11.6 Å². The van der Waals surface area contributed by atoms with Gasteiger partial charge in [0.1, 0.15) is 24.2 Å². The molecule has 0 saturated carbocycles. The summed E-state index contributed by atoms with van der Waals surface area (Å²) in [4.78, 5) is 66.8. The molecule has 3 rings (SSSR count). The van der Waals surface area contributed by atoms with Gasteiger partial charge in [0.05, 0.1) is 24.4 Å². The number of hydrogen-bond acceptors (Lipinski definition) is 6. The predicted molar refractivity (Wildman–Crippen MR) is 135 cm³/mol. The highest BCUT2D eigenvalue weighted by Crippen LogP contribution is 2.24. The van der Waals surface area contributed by atoms with Gasteiger partial charge in [-0.2, -0.15) is 0 Å². The molecule has 0 radical (unpaired) electrons. The quantitative estimate of drug-likeness (QED) is 0.334.